The van der Waals surface area contributed by atoms with Gasteiger partial charge in [-0.1, -0.05) is 47.5 Å². The standard InChI is InChI=1S/C27H46N2O5S/c1-7-33-27(32)22-19(6)24(25(31)28-20-11-9-8-10-16(20)3)35-26(22)29-21(30)14-34-23-17(4)12-15(2)13-18(23)5/h15-20,22-24,26H,7-14H2,1-6H3,(H,28,31)(H,29,30). The minimum absolute atomic E-state index is 0.0365. The van der Waals surface area contributed by atoms with Crippen LogP contribution < -0.4 is 10.6 Å². The van der Waals surface area contributed by atoms with Crippen LogP contribution in [0.1, 0.15) is 80.1 Å². The van der Waals surface area contributed by atoms with Crippen LogP contribution in [-0.4, -0.2) is 53.8 Å². The highest BCUT2D eigenvalue weighted by Gasteiger charge is 2.50. The molecule has 2 saturated carbocycles. The topological polar surface area (TPSA) is 93.7 Å². The maximum Gasteiger partial charge on any atom is 0.312 e. The summed E-state index contributed by atoms with van der Waals surface area (Å²) in [7, 11) is 0. The lowest BCUT2D eigenvalue weighted by Crippen LogP contribution is -2.46. The summed E-state index contributed by atoms with van der Waals surface area (Å²) in [6.07, 6.45) is 6.73. The molecule has 200 valence electrons. The van der Waals surface area contributed by atoms with Crippen LogP contribution in [0.2, 0.25) is 0 Å². The molecule has 1 saturated heterocycles. The van der Waals surface area contributed by atoms with Gasteiger partial charge in [0.2, 0.25) is 11.8 Å². The summed E-state index contributed by atoms with van der Waals surface area (Å²) < 4.78 is 11.4. The molecular formula is C27H46N2O5S. The maximum atomic E-state index is 13.2. The fourth-order valence-corrected chi connectivity index (χ4v) is 8.18. The Bertz CT molecular complexity index is 737. The van der Waals surface area contributed by atoms with Crippen LogP contribution >= 0.6 is 11.8 Å². The monoisotopic (exact) mass is 510 g/mol. The number of nitrogens with one attached hydrogen (secondary N) is 2. The van der Waals surface area contributed by atoms with Gasteiger partial charge in [0, 0.05) is 6.04 Å². The number of thioether (sulfide) groups is 1. The second kappa shape index (κ2) is 12.8. The highest BCUT2D eigenvalue weighted by Crippen LogP contribution is 2.43. The summed E-state index contributed by atoms with van der Waals surface area (Å²) in [5.74, 6) is 0.483. The third-order valence-corrected chi connectivity index (χ3v) is 9.94. The first kappa shape index (κ1) is 28.3. The molecule has 1 heterocycles. The van der Waals surface area contributed by atoms with Crippen molar-refractivity contribution in [1.82, 2.24) is 10.6 Å². The van der Waals surface area contributed by atoms with Gasteiger partial charge in [-0.25, -0.2) is 0 Å². The van der Waals surface area contributed by atoms with Crippen LogP contribution in [0.5, 0.6) is 0 Å². The number of hydrogen-bond acceptors (Lipinski definition) is 6. The zero-order valence-corrected chi connectivity index (χ0v) is 23.2. The van der Waals surface area contributed by atoms with Crippen LogP contribution in [0, 0.1) is 35.5 Å². The Morgan fingerprint density at radius 1 is 0.914 bits per heavy atom. The Labute approximate surface area is 215 Å². The summed E-state index contributed by atoms with van der Waals surface area (Å²) in [6.45, 7) is 12.8. The Morgan fingerprint density at radius 3 is 2.20 bits per heavy atom. The van der Waals surface area contributed by atoms with Crippen LogP contribution in [0.3, 0.4) is 0 Å². The van der Waals surface area contributed by atoms with E-state index in [-0.39, 0.29) is 49.1 Å². The lowest BCUT2D eigenvalue weighted by molar-refractivity contribution is -0.150. The van der Waals surface area contributed by atoms with E-state index in [1.54, 1.807) is 6.92 Å². The summed E-state index contributed by atoms with van der Waals surface area (Å²) >= 11 is 1.37. The maximum absolute atomic E-state index is 13.2. The third-order valence-electron chi connectivity index (χ3n) is 8.30. The average molecular weight is 511 g/mol. The first-order valence-electron chi connectivity index (χ1n) is 13.7. The van der Waals surface area contributed by atoms with E-state index >= 15 is 0 Å². The molecule has 0 aromatic carbocycles. The summed E-state index contributed by atoms with van der Waals surface area (Å²) in [6, 6.07) is 0.175. The number of amides is 2. The van der Waals surface area contributed by atoms with Crippen LogP contribution in [0.15, 0.2) is 0 Å². The lowest BCUT2D eigenvalue weighted by Gasteiger charge is -2.37. The molecule has 0 bridgehead atoms. The molecule has 3 rings (SSSR count). The summed E-state index contributed by atoms with van der Waals surface area (Å²) in [5, 5.41) is 5.31. The Morgan fingerprint density at radius 2 is 1.57 bits per heavy atom. The molecule has 8 atom stereocenters. The molecule has 3 fully saturated rings. The smallest absolute Gasteiger partial charge is 0.312 e. The predicted octanol–water partition coefficient (Wildman–Crippen LogP) is 4.14. The normalized spacial score (nSPS) is 39.6. The fourth-order valence-electron chi connectivity index (χ4n) is 6.52. The van der Waals surface area contributed by atoms with E-state index in [1.165, 1.54) is 18.2 Å². The average Bonchev–Trinajstić information content (AvgIpc) is 3.10. The van der Waals surface area contributed by atoms with Crippen LogP contribution in [-0.2, 0) is 23.9 Å². The van der Waals surface area contributed by atoms with Gasteiger partial charge in [-0.2, -0.15) is 0 Å². The van der Waals surface area contributed by atoms with Gasteiger partial charge in [0.25, 0.3) is 0 Å². The zero-order valence-electron chi connectivity index (χ0n) is 22.4. The Hall–Kier alpha value is -1.28. The third kappa shape index (κ3) is 7.15. The molecule has 3 aliphatic rings. The van der Waals surface area contributed by atoms with E-state index < -0.39 is 16.5 Å². The van der Waals surface area contributed by atoms with Gasteiger partial charge in [0.1, 0.15) is 6.61 Å². The van der Waals surface area contributed by atoms with Gasteiger partial charge in [-0.05, 0) is 62.2 Å². The molecule has 7 nitrogen and oxygen atoms in total. The highest BCUT2D eigenvalue weighted by atomic mass is 32.2. The van der Waals surface area contributed by atoms with Gasteiger partial charge in [-0.3, -0.25) is 14.4 Å². The lowest BCUT2D eigenvalue weighted by atomic mass is 9.75. The van der Waals surface area contributed by atoms with Gasteiger partial charge in [-0.15, -0.1) is 11.8 Å². The van der Waals surface area contributed by atoms with E-state index in [9.17, 15) is 14.4 Å². The highest BCUT2D eigenvalue weighted by molar-refractivity contribution is 8.01. The molecule has 1 aliphatic heterocycles. The van der Waals surface area contributed by atoms with Crippen LogP contribution in [0.4, 0.5) is 0 Å². The number of rotatable bonds is 8. The van der Waals surface area contributed by atoms with Gasteiger partial charge in [0.05, 0.1) is 29.3 Å². The van der Waals surface area contributed by atoms with E-state index in [4.69, 9.17) is 9.47 Å². The molecule has 8 unspecified atom stereocenters. The van der Waals surface area contributed by atoms with Gasteiger partial charge < -0.3 is 20.1 Å². The van der Waals surface area contributed by atoms with Crippen molar-refractivity contribution < 1.29 is 23.9 Å². The fraction of sp³-hybridized carbons (Fsp3) is 0.889. The number of esters is 1. The first-order chi connectivity index (χ1) is 16.6. The van der Waals surface area contributed by atoms with Crippen molar-refractivity contribution in [3.63, 3.8) is 0 Å². The molecule has 2 N–H and O–H groups in total. The molecule has 8 heteroatoms. The Balaban J connectivity index is 1.61. The molecule has 0 radical (unpaired) electrons. The quantitative estimate of drug-likeness (QED) is 0.477. The molecule has 35 heavy (non-hydrogen) atoms. The zero-order chi connectivity index (χ0) is 25.7. The predicted molar refractivity (Wildman–Crippen MR) is 139 cm³/mol. The van der Waals surface area contributed by atoms with Crippen molar-refractivity contribution in [2.24, 2.45) is 35.5 Å². The SMILES string of the molecule is CCOC(=O)C1C(NC(=O)COC2C(C)CC(C)CC2C)SC(C(=O)NC2CCCCC2C)C1C. The molecule has 2 aliphatic carbocycles. The molecule has 2 amide bonds. The van der Waals surface area contributed by atoms with Crippen molar-refractivity contribution in [2.45, 2.75) is 103 Å². The second-order valence-electron chi connectivity index (χ2n) is 11.4. The molecule has 0 spiro atoms. The minimum atomic E-state index is -0.572. The summed E-state index contributed by atoms with van der Waals surface area (Å²) in [5.41, 5.74) is 0. The van der Waals surface area contributed by atoms with Crippen molar-refractivity contribution >= 4 is 29.5 Å². The number of carbonyl (C=O) groups is 3. The van der Waals surface area contributed by atoms with E-state index in [2.05, 4.69) is 38.3 Å². The van der Waals surface area contributed by atoms with E-state index in [1.807, 2.05) is 6.92 Å². The van der Waals surface area contributed by atoms with Crippen molar-refractivity contribution in [1.29, 1.82) is 0 Å². The number of carbonyl (C=O) groups excluding carboxylic acids is 3. The largest absolute Gasteiger partial charge is 0.466 e. The summed E-state index contributed by atoms with van der Waals surface area (Å²) in [4.78, 5) is 39.0. The van der Waals surface area contributed by atoms with Gasteiger partial charge >= 0.3 is 5.97 Å². The molecule has 0 aromatic heterocycles. The van der Waals surface area contributed by atoms with Crippen molar-refractivity contribution in [2.75, 3.05) is 13.2 Å². The van der Waals surface area contributed by atoms with E-state index in [0.29, 0.717) is 23.7 Å². The number of ether oxygens (including phenoxy) is 2. The second-order valence-corrected chi connectivity index (χ2v) is 12.7. The first-order valence-corrected chi connectivity index (χ1v) is 14.6. The van der Waals surface area contributed by atoms with E-state index in [0.717, 1.165) is 32.1 Å². The van der Waals surface area contributed by atoms with Crippen molar-refractivity contribution in [3.05, 3.63) is 0 Å². The molecule has 0 aromatic rings. The Kier molecular flexibility index (Phi) is 10.3. The van der Waals surface area contributed by atoms with Gasteiger partial charge in [0.15, 0.2) is 0 Å². The van der Waals surface area contributed by atoms with Crippen molar-refractivity contribution in [3.8, 4) is 0 Å². The van der Waals surface area contributed by atoms with Crippen LogP contribution in [0.25, 0.3) is 0 Å². The minimum Gasteiger partial charge on any atom is -0.466 e. The number of hydrogen-bond donors (Lipinski definition) is 2. The molecular weight excluding hydrogens is 464 g/mol.